The summed E-state index contributed by atoms with van der Waals surface area (Å²) in [7, 11) is 0. The van der Waals surface area contributed by atoms with E-state index in [-0.39, 0.29) is 5.78 Å². The Morgan fingerprint density at radius 2 is 2.00 bits per heavy atom. The van der Waals surface area contributed by atoms with Gasteiger partial charge in [0.25, 0.3) is 0 Å². The molecule has 0 atom stereocenters. The molecule has 0 amide bonds. The van der Waals surface area contributed by atoms with E-state index in [1.807, 2.05) is 43.3 Å². The van der Waals surface area contributed by atoms with Gasteiger partial charge in [-0.15, -0.1) is 0 Å². The second-order valence-electron chi connectivity index (χ2n) is 2.74. The third-order valence-electron chi connectivity index (χ3n) is 1.78. The number of allylic oxidation sites excluding steroid dienone is 2. The molecule has 0 fully saturated rings. The molecule has 0 radical (unpaired) electrons. The van der Waals surface area contributed by atoms with Crippen LogP contribution in [-0.2, 0) is 0 Å². The lowest BCUT2D eigenvalue weighted by Gasteiger charge is -1.99. The number of ketones is 1. The van der Waals surface area contributed by atoms with Gasteiger partial charge in [-0.3, -0.25) is 4.79 Å². The maximum atomic E-state index is 11.6. The molecule has 68 valence electrons. The summed E-state index contributed by atoms with van der Waals surface area (Å²) in [4.78, 5) is 11.6. The first-order chi connectivity index (χ1) is 6.25. The van der Waals surface area contributed by atoms with Crippen molar-refractivity contribution in [3.05, 3.63) is 47.5 Å². The van der Waals surface area contributed by atoms with Crippen molar-refractivity contribution in [1.82, 2.24) is 0 Å². The highest BCUT2D eigenvalue weighted by atomic mass is 79.9. The number of alkyl halides is 1. The van der Waals surface area contributed by atoms with E-state index < -0.39 is 0 Å². The molecule has 0 saturated carbocycles. The van der Waals surface area contributed by atoms with Gasteiger partial charge >= 0.3 is 0 Å². The molecule has 0 aliphatic heterocycles. The Kier molecular flexibility index (Phi) is 3.90. The second kappa shape index (κ2) is 4.97. The van der Waals surface area contributed by atoms with Crippen LogP contribution in [0, 0.1) is 0 Å². The Morgan fingerprint density at radius 1 is 1.38 bits per heavy atom. The summed E-state index contributed by atoms with van der Waals surface area (Å²) < 4.78 is 0. The van der Waals surface area contributed by atoms with Crippen LogP contribution in [-0.4, -0.2) is 11.1 Å². The summed E-state index contributed by atoms with van der Waals surface area (Å²) in [5.41, 5.74) is 1.53. The van der Waals surface area contributed by atoms with Crippen molar-refractivity contribution in [2.75, 3.05) is 5.33 Å². The van der Waals surface area contributed by atoms with Gasteiger partial charge in [0.05, 0.1) is 0 Å². The monoisotopic (exact) mass is 238 g/mol. The van der Waals surface area contributed by atoms with Crippen LogP contribution in [0.2, 0.25) is 0 Å². The van der Waals surface area contributed by atoms with Gasteiger partial charge in [-0.2, -0.15) is 0 Å². The Bertz CT molecular complexity index is 314. The van der Waals surface area contributed by atoms with Crippen molar-refractivity contribution >= 4 is 21.7 Å². The molecule has 0 spiro atoms. The first-order valence-corrected chi connectivity index (χ1v) is 5.20. The molecule has 2 heteroatoms. The minimum atomic E-state index is 0.0973. The molecule has 0 aliphatic carbocycles. The van der Waals surface area contributed by atoms with Gasteiger partial charge in [0.15, 0.2) is 5.78 Å². The summed E-state index contributed by atoms with van der Waals surface area (Å²) in [6.45, 7) is 1.83. The normalized spacial score (nSPS) is 11.4. The van der Waals surface area contributed by atoms with Gasteiger partial charge in [0.2, 0.25) is 0 Å². The fraction of sp³-hybridized carbons (Fsp3) is 0.182. The van der Waals surface area contributed by atoms with E-state index in [0.29, 0.717) is 0 Å². The van der Waals surface area contributed by atoms with Gasteiger partial charge in [0, 0.05) is 10.9 Å². The number of carbonyl (C=O) groups excluding carboxylic acids is 1. The maximum Gasteiger partial charge on any atom is 0.188 e. The fourth-order valence-electron chi connectivity index (χ4n) is 1.03. The van der Waals surface area contributed by atoms with Gasteiger partial charge in [-0.1, -0.05) is 52.3 Å². The van der Waals surface area contributed by atoms with E-state index in [1.54, 1.807) is 0 Å². The Balaban J connectivity index is 2.86. The zero-order valence-corrected chi connectivity index (χ0v) is 9.04. The molecule has 13 heavy (non-hydrogen) atoms. The van der Waals surface area contributed by atoms with Crippen molar-refractivity contribution < 1.29 is 4.79 Å². The average Bonchev–Trinajstić information content (AvgIpc) is 2.18. The minimum absolute atomic E-state index is 0.0973. The Hall–Kier alpha value is -0.890. The number of rotatable bonds is 3. The summed E-state index contributed by atoms with van der Waals surface area (Å²) >= 11 is 3.26. The lowest BCUT2D eigenvalue weighted by molar-refractivity contribution is 0.103. The van der Waals surface area contributed by atoms with E-state index in [1.165, 1.54) is 0 Å². The lowest BCUT2D eigenvalue weighted by Crippen LogP contribution is -2.00. The summed E-state index contributed by atoms with van der Waals surface area (Å²) in [6, 6.07) is 9.30. The van der Waals surface area contributed by atoms with Crippen molar-refractivity contribution in [3.63, 3.8) is 0 Å². The van der Waals surface area contributed by atoms with E-state index in [9.17, 15) is 4.79 Å². The summed E-state index contributed by atoms with van der Waals surface area (Å²) in [5.74, 6) is 0.0973. The third-order valence-corrected chi connectivity index (χ3v) is 2.10. The standard InChI is InChI=1S/C11H11BrO/c1-9(7-8-12)11(13)10-5-3-2-4-6-10/h2-7H,8H2,1H3. The van der Waals surface area contributed by atoms with Crippen molar-refractivity contribution in [1.29, 1.82) is 0 Å². The zero-order valence-electron chi connectivity index (χ0n) is 7.46. The molecule has 0 aromatic heterocycles. The van der Waals surface area contributed by atoms with Gasteiger partial charge in [-0.25, -0.2) is 0 Å². The smallest absolute Gasteiger partial charge is 0.188 e. The second-order valence-corrected chi connectivity index (χ2v) is 3.38. The molecule has 0 aliphatic rings. The number of carbonyl (C=O) groups is 1. The zero-order chi connectivity index (χ0) is 9.68. The highest BCUT2D eigenvalue weighted by Crippen LogP contribution is 2.07. The molecule has 0 N–H and O–H groups in total. The summed E-state index contributed by atoms with van der Waals surface area (Å²) in [5, 5.41) is 0.720. The molecule has 1 aromatic carbocycles. The topological polar surface area (TPSA) is 17.1 Å². The van der Waals surface area contributed by atoms with Gasteiger partial charge < -0.3 is 0 Å². The van der Waals surface area contributed by atoms with Crippen LogP contribution in [0.1, 0.15) is 17.3 Å². The third kappa shape index (κ3) is 2.81. The fourth-order valence-corrected chi connectivity index (χ4v) is 1.51. The molecule has 1 aromatic rings. The molecule has 0 saturated heterocycles. The number of halogens is 1. The molecule has 1 nitrogen and oxygen atoms in total. The number of Topliss-reactive ketones (excluding diaryl/α,β-unsaturated/α-hetero) is 1. The van der Waals surface area contributed by atoms with Crippen LogP contribution in [0.3, 0.4) is 0 Å². The Morgan fingerprint density at radius 3 is 2.54 bits per heavy atom. The van der Waals surface area contributed by atoms with Gasteiger partial charge in [-0.05, 0) is 12.5 Å². The number of hydrogen-bond acceptors (Lipinski definition) is 1. The first-order valence-electron chi connectivity index (χ1n) is 4.08. The first kappa shape index (κ1) is 10.2. The molecule has 1 rings (SSSR count). The molecule has 0 heterocycles. The van der Waals surface area contributed by atoms with E-state index in [2.05, 4.69) is 15.9 Å². The highest BCUT2D eigenvalue weighted by Gasteiger charge is 2.05. The van der Waals surface area contributed by atoms with Crippen molar-refractivity contribution in [3.8, 4) is 0 Å². The predicted octanol–water partition coefficient (Wildman–Crippen LogP) is 3.21. The molecular formula is C11H11BrO. The van der Waals surface area contributed by atoms with Crippen LogP contribution in [0.25, 0.3) is 0 Å². The van der Waals surface area contributed by atoms with Crippen molar-refractivity contribution in [2.45, 2.75) is 6.92 Å². The SMILES string of the molecule is CC(=CCBr)C(=O)c1ccccc1. The number of hydrogen-bond donors (Lipinski definition) is 0. The molecular weight excluding hydrogens is 228 g/mol. The van der Waals surface area contributed by atoms with Crippen LogP contribution >= 0.6 is 15.9 Å². The number of benzene rings is 1. The molecule has 0 bridgehead atoms. The minimum Gasteiger partial charge on any atom is -0.289 e. The van der Waals surface area contributed by atoms with Crippen LogP contribution < -0.4 is 0 Å². The van der Waals surface area contributed by atoms with Crippen LogP contribution in [0.5, 0.6) is 0 Å². The van der Waals surface area contributed by atoms with Crippen LogP contribution in [0.15, 0.2) is 42.0 Å². The van der Waals surface area contributed by atoms with Crippen LogP contribution in [0.4, 0.5) is 0 Å². The predicted molar refractivity (Wildman–Crippen MR) is 58.3 cm³/mol. The maximum absolute atomic E-state index is 11.6. The highest BCUT2D eigenvalue weighted by molar-refractivity contribution is 9.09. The average molecular weight is 239 g/mol. The van der Waals surface area contributed by atoms with Gasteiger partial charge in [0.1, 0.15) is 0 Å². The lowest BCUT2D eigenvalue weighted by atomic mass is 10.1. The Labute approximate surface area is 86.6 Å². The van der Waals surface area contributed by atoms with E-state index in [4.69, 9.17) is 0 Å². The van der Waals surface area contributed by atoms with E-state index >= 15 is 0 Å². The van der Waals surface area contributed by atoms with E-state index in [0.717, 1.165) is 16.5 Å². The quantitative estimate of drug-likeness (QED) is 0.449. The summed E-state index contributed by atoms with van der Waals surface area (Å²) in [6.07, 6.45) is 1.87. The largest absolute Gasteiger partial charge is 0.289 e. The van der Waals surface area contributed by atoms with Crippen molar-refractivity contribution in [2.24, 2.45) is 0 Å². The molecule has 0 unspecified atom stereocenters.